The Labute approximate surface area is 153 Å². The Morgan fingerprint density at radius 3 is 2.35 bits per heavy atom. The summed E-state index contributed by atoms with van der Waals surface area (Å²) in [6, 6.07) is 3.65. The van der Waals surface area contributed by atoms with Crippen molar-refractivity contribution in [3.05, 3.63) is 23.8 Å². The minimum Gasteiger partial charge on any atom is -0.497 e. The summed E-state index contributed by atoms with van der Waals surface area (Å²) in [6.07, 6.45) is -4.63. The Morgan fingerprint density at radius 1 is 1.19 bits per heavy atom. The highest BCUT2D eigenvalue weighted by Gasteiger charge is 2.34. The maximum absolute atomic E-state index is 12.7. The van der Waals surface area contributed by atoms with Gasteiger partial charge in [-0.05, 0) is 30.4 Å². The lowest BCUT2D eigenvalue weighted by Gasteiger charge is -2.24. The van der Waals surface area contributed by atoms with E-state index in [-0.39, 0.29) is 11.5 Å². The molecule has 0 aromatic heterocycles. The zero-order valence-electron chi connectivity index (χ0n) is 15.9. The summed E-state index contributed by atoms with van der Waals surface area (Å²) in [5.41, 5.74) is 0.197. The van der Waals surface area contributed by atoms with Crippen LogP contribution in [0.25, 0.3) is 0 Å². The van der Waals surface area contributed by atoms with Gasteiger partial charge >= 0.3 is 6.18 Å². The van der Waals surface area contributed by atoms with Crippen LogP contribution in [0, 0.1) is 11.8 Å². The van der Waals surface area contributed by atoms with Crippen LogP contribution in [0.4, 0.5) is 13.2 Å². The molecule has 0 aliphatic heterocycles. The number of hydrogen-bond acceptors (Lipinski definition) is 3. The number of benzene rings is 1. The molecule has 148 valence electrons. The second-order valence-corrected chi connectivity index (χ2v) is 7.04. The van der Waals surface area contributed by atoms with E-state index in [9.17, 15) is 18.0 Å². The topological polar surface area (TPSA) is 47.6 Å². The van der Waals surface area contributed by atoms with Crippen molar-refractivity contribution >= 4 is 5.91 Å². The third-order valence-corrected chi connectivity index (χ3v) is 3.96. The summed E-state index contributed by atoms with van der Waals surface area (Å²) in [5, 5.41) is 2.49. The highest BCUT2D eigenvalue weighted by molar-refractivity contribution is 5.97. The third-order valence-electron chi connectivity index (χ3n) is 3.96. The molecule has 1 rings (SSSR count). The molecule has 0 saturated carbocycles. The normalized spacial score (nSPS) is 13.0. The lowest BCUT2D eigenvalue weighted by atomic mass is 10.00. The molecule has 1 aromatic carbocycles. The highest BCUT2D eigenvalue weighted by Crippen LogP contribution is 2.28. The third kappa shape index (κ3) is 7.54. The largest absolute Gasteiger partial charge is 0.497 e. The number of carbonyl (C=O) groups is 1. The van der Waals surface area contributed by atoms with E-state index in [1.54, 1.807) is 26.0 Å². The standard InChI is InChI=1S/C19H28F3NO3/c1-12(2)8-9-26-17-10-14(25-5)6-7-15(17)18(24)23-16(13(3)4)11-19(20,21)22/h6-7,10,12-13,16H,8-9,11H2,1-5H3,(H,23,24). The fraction of sp³-hybridized carbons (Fsp3) is 0.632. The molecular formula is C19H28F3NO3. The summed E-state index contributed by atoms with van der Waals surface area (Å²) in [5.74, 6) is 0.295. The van der Waals surface area contributed by atoms with Gasteiger partial charge in [-0.2, -0.15) is 13.2 Å². The number of ether oxygens (including phenoxy) is 2. The first-order valence-corrected chi connectivity index (χ1v) is 8.72. The summed E-state index contributed by atoms with van der Waals surface area (Å²) in [6.45, 7) is 7.79. The number of carbonyl (C=O) groups excluding carboxylic acids is 1. The van der Waals surface area contributed by atoms with E-state index in [1.165, 1.54) is 13.2 Å². The van der Waals surface area contributed by atoms with E-state index in [1.807, 2.05) is 13.8 Å². The second kappa shape index (κ2) is 9.69. The van der Waals surface area contributed by atoms with E-state index in [4.69, 9.17) is 9.47 Å². The molecule has 0 spiro atoms. The van der Waals surface area contributed by atoms with Gasteiger partial charge in [0.15, 0.2) is 0 Å². The van der Waals surface area contributed by atoms with E-state index in [0.717, 1.165) is 6.42 Å². The Balaban J connectivity index is 2.97. The van der Waals surface area contributed by atoms with Crippen molar-refractivity contribution in [1.82, 2.24) is 5.32 Å². The summed E-state index contributed by atoms with van der Waals surface area (Å²) >= 11 is 0. The van der Waals surface area contributed by atoms with Gasteiger partial charge in [-0.25, -0.2) is 0 Å². The number of alkyl halides is 3. The second-order valence-electron chi connectivity index (χ2n) is 7.04. The number of nitrogens with one attached hydrogen (secondary N) is 1. The number of rotatable bonds is 9. The summed E-state index contributed by atoms with van der Waals surface area (Å²) in [4.78, 5) is 12.6. The molecule has 0 fully saturated rings. The van der Waals surface area contributed by atoms with Crippen LogP contribution < -0.4 is 14.8 Å². The molecule has 0 aliphatic carbocycles. The molecule has 1 amide bonds. The lowest BCUT2D eigenvalue weighted by Crippen LogP contribution is -2.41. The maximum atomic E-state index is 12.7. The van der Waals surface area contributed by atoms with E-state index < -0.39 is 24.5 Å². The Hall–Kier alpha value is -1.92. The van der Waals surface area contributed by atoms with Crippen LogP contribution in [0.3, 0.4) is 0 Å². The molecule has 0 heterocycles. The van der Waals surface area contributed by atoms with Crippen molar-refractivity contribution in [2.45, 2.75) is 52.8 Å². The predicted molar refractivity (Wildman–Crippen MR) is 94.7 cm³/mol. The molecule has 0 saturated heterocycles. The van der Waals surface area contributed by atoms with Crippen LogP contribution in [0.5, 0.6) is 11.5 Å². The first-order chi connectivity index (χ1) is 12.0. The van der Waals surface area contributed by atoms with Crippen LogP contribution in [0.2, 0.25) is 0 Å². The Bertz CT molecular complexity index is 586. The fourth-order valence-corrected chi connectivity index (χ4v) is 2.29. The fourth-order valence-electron chi connectivity index (χ4n) is 2.29. The number of methoxy groups -OCH3 is 1. The van der Waals surface area contributed by atoms with Gasteiger partial charge in [0.05, 0.1) is 25.7 Å². The molecule has 4 nitrogen and oxygen atoms in total. The minimum atomic E-state index is -4.35. The van der Waals surface area contributed by atoms with Crippen LogP contribution in [-0.4, -0.2) is 31.8 Å². The monoisotopic (exact) mass is 375 g/mol. The minimum absolute atomic E-state index is 0.197. The first-order valence-electron chi connectivity index (χ1n) is 8.72. The molecule has 0 aliphatic rings. The lowest BCUT2D eigenvalue weighted by molar-refractivity contribution is -0.141. The van der Waals surface area contributed by atoms with Crippen LogP contribution >= 0.6 is 0 Å². The smallest absolute Gasteiger partial charge is 0.391 e. The van der Waals surface area contributed by atoms with Gasteiger partial charge in [-0.1, -0.05) is 27.7 Å². The first kappa shape index (κ1) is 22.1. The van der Waals surface area contributed by atoms with Crippen LogP contribution in [0.15, 0.2) is 18.2 Å². The molecular weight excluding hydrogens is 347 g/mol. The number of amides is 1. The predicted octanol–water partition coefficient (Wildman–Crippen LogP) is 4.83. The van der Waals surface area contributed by atoms with Gasteiger partial charge in [-0.15, -0.1) is 0 Å². The number of hydrogen-bond donors (Lipinski definition) is 1. The van der Waals surface area contributed by atoms with Crippen molar-refractivity contribution in [3.63, 3.8) is 0 Å². The average Bonchev–Trinajstić information content (AvgIpc) is 2.52. The van der Waals surface area contributed by atoms with Gasteiger partial charge in [0.25, 0.3) is 5.91 Å². The zero-order valence-corrected chi connectivity index (χ0v) is 15.9. The van der Waals surface area contributed by atoms with Crippen LogP contribution in [0.1, 0.15) is 50.9 Å². The molecule has 1 atom stereocenters. The van der Waals surface area contributed by atoms with Crippen molar-refractivity contribution in [3.8, 4) is 11.5 Å². The van der Waals surface area contributed by atoms with Crippen LogP contribution in [-0.2, 0) is 0 Å². The Morgan fingerprint density at radius 2 is 1.85 bits per heavy atom. The van der Waals surface area contributed by atoms with Gasteiger partial charge in [0.1, 0.15) is 11.5 Å². The quantitative estimate of drug-likeness (QED) is 0.673. The average molecular weight is 375 g/mol. The molecule has 1 unspecified atom stereocenters. The van der Waals surface area contributed by atoms with E-state index in [2.05, 4.69) is 5.32 Å². The highest BCUT2D eigenvalue weighted by atomic mass is 19.4. The molecule has 7 heteroatoms. The van der Waals surface area contributed by atoms with Gasteiger partial charge < -0.3 is 14.8 Å². The molecule has 0 bridgehead atoms. The Kier molecular flexibility index (Phi) is 8.24. The maximum Gasteiger partial charge on any atom is 0.391 e. The van der Waals surface area contributed by atoms with Crippen molar-refractivity contribution in [2.75, 3.05) is 13.7 Å². The van der Waals surface area contributed by atoms with E-state index in [0.29, 0.717) is 24.0 Å². The van der Waals surface area contributed by atoms with Crippen molar-refractivity contribution in [1.29, 1.82) is 0 Å². The van der Waals surface area contributed by atoms with Crippen molar-refractivity contribution < 1.29 is 27.4 Å². The van der Waals surface area contributed by atoms with Crippen molar-refractivity contribution in [2.24, 2.45) is 11.8 Å². The summed E-state index contributed by atoms with van der Waals surface area (Å²) in [7, 11) is 1.49. The van der Waals surface area contributed by atoms with Gasteiger partial charge in [-0.3, -0.25) is 4.79 Å². The number of halogens is 3. The molecule has 26 heavy (non-hydrogen) atoms. The molecule has 0 radical (unpaired) electrons. The molecule has 1 aromatic rings. The molecule has 1 N–H and O–H groups in total. The van der Waals surface area contributed by atoms with E-state index >= 15 is 0 Å². The van der Waals surface area contributed by atoms with Gasteiger partial charge in [0.2, 0.25) is 0 Å². The summed E-state index contributed by atoms with van der Waals surface area (Å²) < 4.78 is 49.1. The zero-order chi connectivity index (χ0) is 19.9. The SMILES string of the molecule is COc1ccc(C(=O)NC(CC(F)(F)F)C(C)C)c(OCCC(C)C)c1. The van der Waals surface area contributed by atoms with Gasteiger partial charge in [0, 0.05) is 12.1 Å².